The summed E-state index contributed by atoms with van der Waals surface area (Å²) in [5.41, 5.74) is 10.2. The highest BCUT2D eigenvalue weighted by molar-refractivity contribution is 7.19. The summed E-state index contributed by atoms with van der Waals surface area (Å²) in [5.74, 6) is -0.502. The van der Waals surface area contributed by atoms with Crippen molar-refractivity contribution in [1.29, 1.82) is 0 Å². The number of nitrogens with zero attached hydrogens (tertiary/aromatic N) is 2. The first-order valence-electron chi connectivity index (χ1n) is 6.78. The number of carbonyl (C=O) groups excluding carboxylic acids is 2. The molecule has 0 radical (unpaired) electrons. The van der Waals surface area contributed by atoms with Gasteiger partial charge in [0.2, 0.25) is 0 Å². The molecule has 2 aromatic heterocycles. The number of aryl methyl sites for hydroxylation is 3. The van der Waals surface area contributed by atoms with Crippen LogP contribution in [0.15, 0.2) is 18.2 Å². The van der Waals surface area contributed by atoms with Gasteiger partial charge in [-0.05, 0) is 26.3 Å². The molecule has 0 saturated heterocycles. The lowest BCUT2D eigenvalue weighted by Gasteiger charge is -2.05. The van der Waals surface area contributed by atoms with Crippen molar-refractivity contribution in [2.45, 2.75) is 20.8 Å². The molecule has 5 nitrogen and oxygen atoms in total. The maximum absolute atomic E-state index is 11.6. The Morgan fingerprint density at radius 2 is 2.05 bits per heavy atom. The highest BCUT2D eigenvalue weighted by Crippen LogP contribution is 2.31. The lowest BCUT2D eigenvalue weighted by molar-refractivity contribution is 0.100. The second-order valence-corrected chi connectivity index (χ2v) is 6.26. The molecule has 3 rings (SSSR count). The molecule has 0 bridgehead atoms. The normalized spacial score (nSPS) is 11.0. The zero-order chi connectivity index (χ0) is 16.0. The van der Waals surface area contributed by atoms with Crippen LogP contribution in [0.5, 0.6) is 0 Å². The molecule has 2 heterocycles. The smallest absolute Gasteiger partial charge is 0.260 e. The van der Waals surface area contributed by atoms with Crippen LogP contribution in [0.3, 0.4) is 0 Å². The van der Waals surface area contributed by atoms with Gasteiger partial charge in [-0.3, -0.25) is 14.0 Å². The van der Waals surface area contributed by atoms with E-state index in [1.165, 1.54) is 11.3 Å². The lowest BCUT2D eigenvalue weighted by atomic mass is 10.0. The fraction of sp³-hybridized carbons (Fsp3) is 0.188. The number of fused-ring (bicyclic) bond motifs is 1. The lowest BCUT2D eigenvalue weighted by Crippen LogP contribution is -2.11. The molecule has 2 N–H and O–H groups in total. The first-order chi connectivity index (χ1) is 10.4. The Hall–Kier alpha value is -2.47. The molecule has 0 aliphatic rings. The molecule has 0 unspecified atom stereocenters. The molecule has 0 saturated carbocycles. The van der Waals surface area contributed by atoms with E-state index in [9.17, 15) is 9.59 Å². The van der Waals surface area contributed by atoms with Crippen molar-refractivity contribution in [3.8, 4) is 11.3 Å². The monoisotopic (exact) mass is 313 g/mol. The van der Waals surface area contributed by atoms with Gasteiger partial charge in [0, 0.05) is 11.3 Å². The highest BCUT2D eigenvalue weighted by atomic mass is 32.1. The van der Waals surface area contributed by atoms with Crippen LogP contribution in [-0.2, 0) is 0 Å². The van der Waals surface area contributed by atoms with Crippen LogP contribution in [-0.4, -0.2) is 21.6 Å². The van der Waals surface area contributed by atoms with Crippen LogP contribution in [0.2, 0.25) is 0 Å². The number of amides is 1. The van der Waals surface area contributed by atoms with Gasteiger partial charge in [-0.2, -0.15) is 0 Å². The van der Waals surface area contributed by atoms with Crippen LogP contribution in [0.25, 0.3) is 16.2 Å². The van der Waals surface area contributed by atoms with Crippen molar-refractivity contribution >= 4 is 28.5 Å². The maximum atomic E-state index is 11.6. The average molecular weight is 313 g/mol. The summed E-state index contributed by atoms with van der Waals surface area (Å²) in [5, 5.41) is 0. The summed E-state index contributed by atoms with van der Waals surface area (Å²) in [7, 11) is 0. The molecule has 1 aromatic carbocycles. The second-order valence-electron chi connectivity index (χ2n) is 5.28. The number of aromatic nitrogens is 2. The van der Waals surface area contributed by atoms with E-state index in [0.29, 0.717) is 26.9 Å². The molecule has 3 aromatic rings. The predicted molar refractivity (Wildman–Crippen MR) is 86.6 cm³/mol. The standard InChI is InChI=1S/C16H15N3O2S/c1-8-4-5-11(9(2)6-8)13-12(7-20)19-10(3)14(15(17)21)22-16(19)18-13/h4-7H,1-3H3,(H2,17,21). The minimum Gasteiger partial charge on any atom is -0.365 e. The molecule has 0 aliphatic carbocycles. The van der Waals surface area contributed by atoms with Gasteiger partial charge in [0.1, 0.15) is 16.3 Å². The number of rotatable bonds is 3. The Bertz CT molecular complexity index is 921. The SMILES string of the molecule is Cc1ccc(-c2nc3sc(C(N)=O)c(C)n3c2C=O)c(C)c1. The van der Waals surface area contributed by atoms with Gasteiger partial charge in [-0.15, -0.1) is 0 Å². The molecule has 112 valence electrons. The van der Waals surface area contributed by atoms with Crippen molar-refractivity contribution in [2.24, 2.45) is 5.73 Å². The Balaban J connectivity index is 2.32. The van der Waals surface area contributed by atoms with Gasteiger partial charge in [0.15, 0.2) is 11.2 Å². The first kappa shape index (κ1) is 14.5. The number of thiazole rings is 1. The number of hydrogen-bond donors (Lipinski definition) is 1. The van der Waals surface area contributed by atoms with E-state index >= 15 is 0 Å². The van der Waals surface area contributed by atoms with E-state index in [4.69, 9.17) is 5.73 Å². The number of benzene rings is 1. The number of imidazole rings is 1. The van der Waals surface area contributed by atoms with E-state index in [-0.39, 0.29) is 0 Å². The largest absolute Gasteiger partial charge is 0.365 e. The van der Waals surface area contributed by atoms with Gasteiger partial charge in [-0.25, -0.2) is 4.98 Å². The molecule has 22 heavy (non-hydrogen) atoms. The highest BCUT2D eigenvalue weighted by Gasteiger charge is 2.22. The summed E-state index contributed by atoms with van der Waals surface area (Å²) in [4.78, 5) is 28.6. The molecule has 1 amide bonds. The summed E-state index contributed by atoms with van der Waals surface area (Å²) in [6.45, 7) is 5.78. The topological polar surface area (TPSA) is 77.5 Å². The maximum Gasteiger partial charge on any atom is 0.260 e. The molecule has 0 atom stereocenters. The van der Waals surface area contributed by atoms with Crippen LogP contribution in [0, 0.1) is 20.8 Å². The number of primary amides is 1. The van der Waals surface area contributed by atoms with E-state index in [1.54, 1.807) is 11.3 Å². The first-order valence-corrected chi connectivity index (χ1v) is 7.60. The number of nitrogens with two attached hydrogens (primary N) is 1. The average Bonchev–Trinajstić information content (AvgIpc) is 2.96. The fourth-order valence-electron chi connectivity index (χ4n) is 2.69. The number of carbonyl (C=O) groups is 2. The Kier molecular flexibility index (Phi) is 3.33. The van der Waals surface area contributed by atoms with Gasteiger partial charge in [0.05, 0.1) is 0 Å². The van der Waals surface area contributed by atoms with E-state index in [1.807, 2.05) is 26.0 Å². The summed E-state index contributed by atoms with van der Waals surface area (Å²) in [6.07, 6.45) is 0.777. The minimum atomic E-state index is -0.502. The Morgan fingerprint density at radius 1 is 1.32 bits per heavy atom. The summed E-state index contributed by atoms with van der Waals surface area (Å²) >= 11 is 1.20. The molecule has 0 spiro atoms. The van der Waals surface area contributed by atoms with E-state index in [0.717, 1.165) is 23.0 Å². The third-order valence-corrected chi connectivity index (χ3v) is 4.87. The van der Waals surface area contributed by atoms with Gasteiger partial charge in [0.25, 0.3) is 5.91 Å². The van der Waals surface area contributed by atoms with E-state index < -0.39 is 5.91 Å². The summed E-state index contributed by atoms with van der Waals surface area (Å²) < 4.78 is 1.70. The van der Waals surface area contributed by atoms with E-state index in [2.05, 4.69) is 11.1 Å². The molecular formula is C16H15N3O2S. The van der Waals surface area contributed by atoms with Crippen molar-refractivity contribution < 1.29 is 9.59 Å². The molecule has 0 fully saturated rings. The zero-order valence-corrected chi connectivity index (χ0v) is 13.3. The second kappa shape index (κ2) is 5.06. The summed E-state index contributed by atoms with van der Waals surface area (Å²) in [6, 6.07) is 6.01. The van der Waals surface area contributed by atoms with Crippen molar-refractivity contribution in [1.82, 2.24) is 9.38 Å². The van der Waals surface area contributed by atoms with Crippen LogP contribution in [0.1, 0.15) is 37.0 Å². The molecule has 0 aliphatic heterocycles. The van der Waals surface area contributed by atoms with Crippen LogP contribution >= 0.6 is 11.3 Å². The van der Waals surface area contributed by atoms with Gasteiger partial charge in [-0.1, -0.05) is 35.1 Å². The Morgan fingerprint density at radius 3 is 2.64 bits per heavy atom. The predicted octanol–water partition coefficient (Wildman–Crippen LogP) is 2.90. The third-order valence-electron chi connectivity index (χ3n) is 3.71. The zero-order valence-electron chi connectivity index (χ0n) is 12.5. The minimum absolute atomic E-state index is 0.428. The number of aldehydes is 1. The van der Waals surface area contributed by atoms with Gasteiger partial charge >= 0.3 is 0 Å². The fourth-order valence-corrected chi connectivity index (χ4v) is 3.67. The van der Waals surface area contributed by atoms with Crippen LogP contribution in [0.4, 0.5) is 0 Å². The van der Waals surface area contributed by atoms with Crippen molar-refractivity contribution in [3.63, 3.8) is 0 Å². The van der Waals surface area contributed by atoms with Gasteiger partial charge < -0.3 is 5.73 Å². The van der Waals surface area contributed by atoms with Crippen molar-refractivity contribution in [2.75, 3.05) is 0 Å². The molecule has 6 heteroatoms. The third kappa shape index (κ3) is 2.03. The number of hydrogen-bond acceptors (Lipinski definition) is 4. The van der Waals surface area contributed by atoms with Crippen molar-refractivity contribution in [3.05, 3.63) is 45.6 Å². The quantitative estimate of drug-likeness (QED) is 0.755. The molecular weight excluding hydrogens is 298 g/mol. The Labute approximate surface area is 131 Å². The van der Waals surface area contributed by atoms with Crippen LogP contribution < -0.4 is 5.73 Å².